The molecule has 0 bridgehead atoms. The van der Waals surface area contributed by atoms with E-state index >= 15 is 0 Å². The molecule has 1 aromatic rings. The summed E-state index contributed by atoms with van der Waals surface area (Å²) in [5.41, 5.74) is 7.09. The summed E-state index contributed by atoms with van der Waals surface area (Å²) in [5.74, 6) is 0.0946. The number of aromatic nitrogens is 1. The first kappa shape index (κ1) is 15.8. The van der Waals surface area contributed by atoms with Gasteiger partial charge in [0.2, 0.25) is 11.8 Å². The van der Waals surface area contributed by atoms with Crippen LogP contribution >= 0.6 is 11.6 Å². The number of hydrogen-bond acceptors (Lipinski definition) is 3. The van der Waals surface area contributed by atoms with Crippen molar-refractivity contribution in [3.05, 3.63) is 29.6 Å². The van der Waals surface area contributed by atoms with E-state index in [1.54, 1.807) is 4.90 Å². The Labute approximate surface area is 129 Å². The van der Waals surface area contributed by atoms with Gasteiger partial charge in [0.1, 0.15) is 5.88 Å². The minimum atomic E-state index is -0.310. The van der Waals surface area contributed by atoms with Crippen LogP contribution < -0.4 is 5.73 Å². The second-order valence-corrected chi connectivity index (χ2v) is 5.58. The minimum absolute atomic E-state index is 0.00159. The van der Waals surface area contributed by atoms with Crippen molar-refractivity contribution >= 4 is 23.4 Å². The standard InChI is InChI=1S/C15H20ClN3O2/c16-10-15(21)19-8-6-11(7-9-19)13-3-1-2-12(18-13)4-5-14(17)20/h1-3,11H,4-10H2,(H2,17,20). The molecule has 2 amide bonds. The fraction of sp³-hybridized carbons (Fsp3) is 0.533. The predicted molar refractivity (Wildman–Crippen MR) is 81.0 cm³/mol. The maximum Gasteiger partial charge on any atom is 0.237 e. The van der Waals surface area contributed by atoms with Crippen molar-refractivity contribution in [1.82, 2.24) is 9.88 Å². The zero-order valence-corrected chi connectivity index (χ0v) is 12.7. The third kappa shape index (κ3) is 4.43. The summed E-state index contributed by atoms with van der Waals surface area (Å²) >= 11 is 5.58. The number of aryl methyl sites for hydroxylation is 1. The van der Waals surface area contributed by atoms with Gasteiger partial charge in [0.05, 0.1) is 0 Å². The van der Waals surface area contributed by atoms with E-state index in [9.17, 15) is 9.59 Å². The highest BCUT2D eigenvalue weighted by molar-refractivity contribution is 6.27. The van der Waals surface area contributed by atoms with Gasteiger partial charge in [-0.2, -0.15) is 0 Å². The van der Waals surface area contributed by atoms with Crippen LogP contribution in [0.5, 0.6) is 0 Å². The van der Waals surface area contributed by atoms with E-state index in [0.717, 1.165) is 37.3 Å². The smallest absolute Gasteiger partial charge is 0.237 e. The monoisotopic (exact) mass is 309 g/mol. The van der Waals surface area contributed by atoms with Crippen molar-refractivity contribution in [2.45, 2.75) is 31.6 Å². The summed E-state index contributed by atoms with van der Waals surface area (Å²) in [6, 6.07) is 5.89. The summed E-state index contributed by atoms with van der Waals surface area (Å²) < 4.78 is 0. The number of primary amides is 1. The first-order chi connectivity index (χ1) is 10.1. The molecule has 1 aliphatic rings. The Hall–Kier alpha value is -1.62. The number of halogens is 1. The fourth-order valence-corrected chi connectivity index (χ4v) is 2.79. The van der Waals surface area contributed by atoms with Gasteiger partial charge in [0.25, 0.3) is 0 Å². The Morgan fingerprint density at radius 2 is 2.05 bits per heavy atom. The largest absolute Gasteiger partial charge is 0.370 e. The fourth-order valence-electron chi connectivity index (χ4n) is 2.63. The molecule has 0 spiro atoms. The molecule has 0 aliphatic carbocycles. The molecular weight excluding hydrogens is 290 g/mol. The van der Waals surface area contributed by atoms with Crippen LogP contribution in [-0.2, 0) is 16.0 Å². The molecule has 1 saturated heterocycles. The third-order valence-electron chi connectivity index (χ3n) is 3.84. The SMILES string of the molecule is NC(=O)CCc1cccc(C2CCN(C(=O)CCl)CC2)n1. The van der Waals surface area contributed by atoms with Crippen LogP contribution in [-0.4, -0.2) is 40.7 Å². The second-order valence-electron chi connectivity index (χ2n) is 5.31. The Balaban J connectivity index is 1.95. The highest BCUT2D eigenvalue weighted by Gasteiger charge is 2.24. The molecule has 114 valence electrons. The van der Waals surface area contributed by atoms with Crippen LogP contribution in [0.15, 0.2) is 18.2 Å². The number of likely N-dealkylation sites (tertiary alicyclic amines) is 1. The van der Waals surface area contributed by atoms with Crippen LogP contribution in [0.2, 0.25) is 0 Å². The van der Waals surface area contributed by atoms with Gasteiger partial charge in [0, 0.05) is 36.8 Å². The minimum Gasteiger partial charge on any atom is -0.370 e. The number of alkyl halides is 1. The molecule has 2 heterocycles. The molecular formula is C15H20ClN3O2. The van der Waals surface area contributed by atoms with Crippen molar-refractivity contribution in [3.8, 4) is 0 Å². The molecule has 0 saturated carbocycles. The zero-order valence-electron chi connectivity index (χ0n) is 11.9. The van der Waals surface area contributed by atoms with E-state index < -0.39 is 0 Å². The summed E-state index contributed by atoms with van der Waals surface area (Å²) in [6.07, 6.45) is 2.69. The van der Waals surface area contributed by atoms with Crippen molar-refractivity contribution in [2.75, 3.05) is 19.0 Å². The van der Waals surface area contributed by atoms with Crippen LogP contribution in [0.1, 0.15) is 36.6 Å². The number of hydrogen-bond donors (Lipinski definition) is 1. The van der Waals surface area contributed by atoms with Gasteiger partial charge < -0.3 is 10.6 Å². The lowest BCUT2D eigenvalue weighted by atomic mass is 9.92. The number of pyridine rings is 1. The van der Waals surface area contributed by atoms with Crippen LogP contribution in [0, 0.1) is 0 Å². The van der Waals surface area contributed by atoms with E-state index in [1.807, 2.05) is 18.2 Å². The van der Waals surface area contributed by atoms with Crippen molar-refractivity contribution in [3.63, 3.8) is 0 Å². The highest BCUT2D eigenvalue weighted by Crippen LogP contribution is 2.27. The maximum absolute atomic E-state index is 11.5. The lowest BCUT2D eigenvalue weighted by molar-refractivity contribution is -0.129. The van der Waals surface area contributed by atoms with Gasteiger partial charge in [-0.3, -0.25) is 14.6 Å². The topological polar surface area (TPSA) is 76.3 Å². The highest BCUT2D eigenvalue weighted by atomic mass is 35.5. The summed E-state index contributed by atoms with van der Waals surface area (Å²) in [5, 5.41) is 0. The lowest BCUT2D eigenvalue weighted by Crippen LogP contribution is -2.38. The molecule has 21 heavy (non-hydrogen) atoms. The first-order valence-electron chi connectivity index (χ1n) is 7.18. The number of nitrogens with zero attached hydrogens (tertiary/aromatic N) is 2. The zero-order chi connectivity index (χ0) is 15.2. The van der Waals surface area contributed by atoms with E-state index in [1.165, 1.54) is 0 Å². The first-order valence-corrected chi connectivity index (χ1v) is 7.71. The Morgan fingerprint density at radius 1 is 1.33 bits per heavy atom. The predicted octanol–water partition coefficient (Wildman–Crippen LogP) is 1.44. The molecule has 0 unspecified atom stereocenters. The normalized spacial score (nSPS) is 16.0. The Kier molecular flexibility index (Phi) is 5.56. The van der Waals surface area contributed by atoms with Crippen LogP contribution in [0.3, 0.4) is 0 Å². The number of carbonyl (C=O) groups is 2. The number of carbonyl (C=O) groups excluding carboxylic acids is 2. The molecule has 1 fully saturated rings. The summed E-state index contributed by atoms with van der Waals surface area (Å²) in [4.78, 5) is 28.8. The lowest BCUT2D eigenvalue weighted by Gasteiger charge is -2.31. The van der Waals surface area contributed by atoms with E-state index in [0.29, 0.717) is 18.8 Å². The van der Waals surface area contributed by atoms with E-state index in [4.69, 9.17) is 17.3 Å². The molecule has 0 atom stereocenters. The van der Waals surface area contributed by atoms with Crippen molar-refractivity contribution in [1.29, 1.82) is 0 Å². The second kappa shape index (κ2) is 7.41. The van der Waals surface area contributed by atoms with Gasteiger partial charge in [-0.1, -0.05) is 6.07 Å². The third-order valence-corrected chi connectivity index (χ3v) is 4.06. The Bertz CT molecular complexity index is 513. The molecule has 1 aromatic heterocycles. The van der Waals surface area contributed by atoms with Crippen LogP contribution in [0.25, 0.3) is 0 Å². The van der Waals surface area contributed by atoms with Gasteiger partial charge in [-0.25, -0.2) is 0 Å². The molecule has 2 N–H and O–H groups in total. The summed E-state index contributed by atoms with van der Waals surface area (Å²) in [6.45, 7) is 1.45. The molecule has 5 nitrogen and oxygen atoms in total. The number of amides is 2. The van der Waals surface area contributed by atoms with Gasteiger partial charge in [-0.15, -0.1) is 11.6 Å². The molecule has 0 radical (unpaired) electrons. The van der Waals surface area contributed by atoms with Crippen molar-refractivity contribution in [2.24, 2.45) is 5.73 Å². The van der Waals surface area contributed by atoms with Crippen molar-refractivity contribution < 1.29 is 9.59 Å². The van der Waals surface area contributed by atoms with Crippen LogP contribution in [0.4, 0.5) is 0 Å². The van der Waals surface area contributed by atoms with E-state index in [2.05, 4.69) is 4.98 Å². The molecule has 6 heteroatoms. The Morgan fingerprint density at radius 3 is 2.67 bits per heavy atom. The number of nitrogens with two attached hydrogens (primary N) is 1. The molecule has 1 aliphatic heterocycles. The average molecular weight is 310 g/mol. The quantitative estimate of drug-likeness (QED) is 0.836. The van der Waals surface area contributed by atoms with Gasteiger partial charge in [0.15, 0.2) is 0 Å². The molecule has 0 aromatic carbocycles. The van der Waals surface area contributed by atoms with Gasteiger partial charge >= 0.3 is 0 Å². The van der Waals surface area contributed by atoms with E-state index in [-0.39, 0.29) is 17.7 Å². The van der Waals surface area contributed by atoms with Gasteiger partial charge in [-0.05, 0) is 31.4 Å². The summed E-state index contributed by atoms with van der Waals surface area (Å²) in [7, 11) is 0. The average Bonchev–Trinajstić information content (AvgIpc) is 2.52. The molecule has 2 rings (SSSR count). The number of rotatable bonds is 5. The number of piperidine rings is 1. The maximum atomic E-state index is 11.5.